The Kier molecular flexibility index (Phi) is 5.80. The van der Waals surface area contributed by atoms with Crippen LogP contribution in [-0.4, -0.2) is 60.8 Å². The average molecular weight is 306 g/mol. The van der Waals surface area contributed by atoms with Crippen molar-refractivity contribution < 1.29 is 24.5 Å². The van der Waals surface area contributed by atoms with E-state index in [1.165, 1.54) is 0 Å². The number of ether oxygens (including phenoxy) is 1. The molecule has 5 atom stereocenters. The van der Waals surface area contributed by atoms with E-state index in [-0.39, 0.29) is 17.7 Å². The molecule has 1 heterocycles. The van der Waals surface area contributed by atoms with Gasteiger partial charge in [-0.25, -0.2) is 0 Å². The lowest BCUT2D eigenvalue weighted by Crippen LogP contribution is -2.48. The van der Waals surface area contributed by atoms with E-state index in [1.807, 2.05) is 6.92 Å². The van der Waals surface area contributed by atoms with Crippen LogP contribution < -0.4 is 0 Å². The Balaban J connectivity index is 2.70. The summed E-state index contributed by atoms with van der Waals surface area (Å²) < 4.78 is 11.8. The first-order chi connectivity index (χ1) is 8.95. The first-order valence-electron chi connectivity index (χ1n) is 7.29. The fourth-order valence-electron chi connectivity index (χ4n) is 2.01. The van der Waals surface area contributed by atoms with Crippen LogP contribution in [0.5, 0.6) is 0 Å². The summed E-state index contributed by atoms with van der Waals surface area (Å²) >= 11 is 0. The second kappa shape index (κ2) is 6.42. The first kappa shape index (κ1) is 18.1. The van der Waals surface area contributed by atoms with Crippen LogP contribution in [0.2, 0.25) is 18.1 Å². The van der Waals surface area contributed by atoms with Gasteiger partial charge in [-0.1, -0.05) is 20.8 Å². The Labute approximate surface area is 123 Å². The summed E-state index contributed by atoms with van der Waals surface area (Å²) in [6, 6.07) is 0. The summed E-state index contributed by atoms with van der Waals surface area (Å²) in [7, 11) is -1.93. The predicted octanol–water partition coefficient (Wildman–Crippen LogP) is 1.27. The quantitative estimate of drug-likeness (QED) is 0.684. The van der Waals surface area contributed by atoms with Gasteiger partial charge in [0.15, 0.2) is 8.32 Å². The molecule has 0 aliphatic carbocycles. The third-order valence-electron chi connectivity index (χ3n) is 4.52. The largest absolute Gasteiger partial charge is 0.414 e. The Bertz CT molecular complexity index is 315. The van der Waals surface area contributed by atoms with Crippen molar-refractivity contribution in [2.45, 2.75) is 82.8 Å². The topological polar surface area (TPSA) is 79.2 Å². The van der Waals surface area contributed by atoms with Crippen molar-refractivity contribution in [3.05, 3.63) is 0 Å². The van der Waals surface area contributed by atoms with Gasteiger partial charge in [0.05, 0.1) is 18.8 Å². The molecule has 1 aliphatic rings. The van der Waals surface area contributed by atoms with Crippen LogP contribution in [0, 0.1) is 0 Å². The molecule has 0 aromatic heterocycles. The van der Waals surface area contributed by atoms with Gasteiger partial charge in [-0.05, 0) is 25.1 Å². The molecule has 1 saturated heterocycles. The molecular formula is C14H30O5Si. The van der Waals surface area contributed by atoms with E-state index in [4.69, 9.17) is 9.16 Å². The third-order valence-corrected chi connectivity index (χ3v) is 9.02. The Hall–Kier alpha value is 0.0169. The van der Waals surface area contributed by atoms with Crippen molar-refractivity contribution >= 4 is 8.32 Å². The van der Waals surface area contributed by atoms with Gasteiger partial charge in [0, 0.05) is 6.42 Å². The maximum Gasteiger partial charge on any atom is 0.192 e. The summed E-state index contributed by atoms with van der Waals surface area (Å²) in [6.07, 6.45) is -3.78. The maximum atomic E-state index is 10.1. The fourth-order valence-corrected chi connectivity index (χ4v) is 3.02. The van der Waals surface area contributed by atoms with Crippen LogP contribution in [0.1, 0.15) is 34.1 Å². The molecule has 120 valence electrons. The number of aliphatic hydroxyl groups excluding tert-OH is 3. The van der Waals surface area contributed by atoms with E-state index >= 15 is 0 Å². The van der Waals surface area contributed by atoms with Crippen molar-refractivity contribution in [3.63, 3.8) is 0 Å². The number of aliphatic hydroxyl groups is 3. The summed E-state index contributed by atoms with van der Waals surface area (Å²) in [5.74, 6) is 0. The van der Waals surface area contributed by atoms with E-state index in [0.29, 0.717) is 6.42 Å². The highest BCUT2D eigenvalue weighted by molar-refractivity contribution is 6.74. The molecule has 0 aromatic carbocycles. The van der Waals surface area contributed by atoms with Gasteiger partial charge in [-0.15, -0.1) is 0 Å². The van der Waals surface area contributed by atoms with Crippen molar-refractivity contribution in [3.8, 4) is 0 Å². The summed E-state index contributed by atoms with van der Waals surface area (Å²) in [6.45, 7) is 12.8. The first-order valence-corrected chi connectivity index (χ1v) is 10.2. The lowest BCUT2D eigenvalue weighted by Gasteiger charge is -2.38. The van der Waals surface area contributed by atoms with Gasteiger partial charge >= 0.3 is 0 Å². The third kappa shape index (κ3) is 4.25. The molecule has 1 fully saturated rings. The van der Waals surface area contributed by atoms with E-state index in [1.54, 1.807) is 0 Å². The predicted molar refractivity (Wildman–Crippen MR) is 80.1 cm³/mol. The highest BCUT2D eigenvalue weighted by atomic mass is 28.4. The zero-order valence-electron chi connectivity index (χ0n) is 13.5. The van der Waals surface area contributed by atoms with E-state index in [9.17, 15) is 15.3 Å². The minimum absolute atomic E-state index is 0.0758. The van der Waals surface area contributed by atoms with Crippen molar-refractivity contribution in [1.82, 2.24) is 0 Å². The average Bonchev–Trinajstić information content (AvgIpc) is 2.38. The Morgan fingerprint density at radius 2 is 1.70 bits per heavy atom. The minimum atomic E-state index is -1.93. The fraction of sp³-hybridized carbons (Fsp3) is 1.00. The van der Waals surface area contributed by atoms with Crippen LogP contribution in [-0.2, 0) is 9.16 Å². The van der Waals surface area contributed by atoms with Crippen molar-refractivity contribution in [2.75, 3.05) is 6.61 Å². The summed E-state index contributed by atoms with van der Waals surface area (Å²) in [5.41, 5.74) is 0. The Morgan fingerprint density at radius 1 is 1.15 bits per heavy atom. The lowest BCUT2D eigenvalue weighted by atomic mass is 10.0. The molecule has 3 N–H and O–H groups in total. The zero-order chi connectivity index (χ0) is 15.7. The molecule has 20 heavy (non-hydrogen) atoms. The molecule has 1 aliphatic heterocycles. The van der Waals surface area contributed by atoms with E-state index in [2.05, 4.69) is 33.9 Å². The van der Waals surface area contributed by atoms with Gasteiger partial charge < -0.3 is 24.5 Å². The molecule has 0 spiro atoms. The Morgan fingerprint density at radius 3 is 2.20 bits per heavy atom. The zero-order valence-corrected chi connectivity index (χ0v) is 14.5. The van der Waals surface area contributed by atoms with Crippen LogP contribution in [0.4, 0.5) is 0 Å². The van der Waals surface area contributed by atoms with Gasteiger partial charge in [0.1, 0.15) is 18.3 Å². The summed E-state index contributed by atoms with van der Waals surface area (Å²) in [5, 5.41) is 29.8. The number of hydrogen-bond donors (Lipinski definition) is 3. The smallest absolute Gasteiger partial charge is 0.192 e. The monoisotopic (exact) mass is 306 g/mol. The molecule has 0 amide bonds. The molecule has 6 heteroatoms. The van der Waals surface area contributed by atoms with Gasteiger partial charge in [-0.3, -0.25) is 0 Å². The van der Waals surface area contributed by atoms with E-state index < -0.39 is 32.7 Å². The van der Waals surface area contributed by atoms with Crippen LogP contribution in [0.25, 0.3) is 0 Å². The van der Waals surface area contributed by atoms with Crippen LogP contribution >= 0.6 is 0 Å². The van der Waals surface area contributed by atoms with Crippen molar-refractivity contribution in [1.29, 1.82) is 0 Å². The second-order valence-corrected chi connectivity index (χ2v) is 12.1. The molecule has 0 bridgehead atoms. The molecule has 1 rings (SSSR count). The molecule has 0 saturated carbocycles. The minimum Gasteiger partial charge on any atom is -0.414 e. The molecule has 0 aromatic rings. The van der Waals surface area contributed by atoms with Gasteiger partial charge in [-0.2, -0.15) is 0 Å². The molecular weight excluding hydrogens is 276 g/mol. The van der Waals surface area contributed by atoms with Crippen LogP contribution in [0.15, 0.2) is 0 Å². The second-order valence-electron chi connectivity index (χ2n) is 7.34. The van der Waals surface area contributed by atoms with Crippen molar-refractivity contribution in [2.24, 2.45) is 0 Å². The molecule has 0 unspecified atom stereocenters. The highest BCUT2D eigenvalue weighted by Gasteiger charge is 2.41. The maximum absolute atomic E-state index is 10.1. The lowest BCUT2D eigenvalue weighted by molar-refractivity contribution is -0.114. The summed E-state index contributed by atoms with van der Waals surface area (Å²) in [4.78, 5) is 0. The van der Waals surface area contributed by atoms with E-state index in [0.717, 1.165) is 0 Å². The van der Waals surface area contributed by atoms with Crippen LogP contribution in [0.3, 0.4) is 0 Å². The number of hydrogen-bond acceptors (Lipinski definition) is 5. The molecule has 0 radical (unpaired) electrons. The van der Waals surface area contributed by atoms with Gasteiger partial charge in [0.25, 0.3) is 0 Å². The standard InChI is InChI=1S/C14H30O5Si/c1-9-7-10(15)12(16)13(17)11(19-9)8-18-20(5,6)14(2,3)4/h9-13,15-17H,7-8H2,1-6H3/t9-,10-,11+,12-,13+/m0/s1. The molecule has 5 nitrogen and oxygen atoms in total. The SMILES string of the molecule is C[C@H]1C[C@H](O)[C@H](O)[C@H](O)[C@@H](CO[Si](C)(C)C(C)(C)C)O1. The number of rotatable bonds is 3. The highest BCUT2D eigenvalue weighted by Crippen LogP contribution is 2.37. The normalized spacial score (nSPS) is 36.8. The van der Waals surface area contributed by atoms with Gasteiger partial charge in [0.2, 0.25) is 0 Å².